The van der Waals surface area contributed by atoms with Gasteiger partial charge in [0.25, 0.3) is 10.0 Å². The van der Waals surface area contributed by atoms with E-state index in [0.29, 0.717) is 30.4 Å². The summed E-state index contributed by atoms with van der Waals surface area (Å²) < 4.78 is 39.0. The molecule has 0 saturated heterocycles. The standard InChI is InChI=1S/C17H16N2O4S2/c1-11-7-13(24-10-18)8-12(2)17(11)19-25(20,21)14-3-4-15-16(9-14)23-6-5-22-15/h3-4,7-9,19H,5-6H2,1-2H3. The highest BCUT2D eigenvalue weighted by Gasteiger charge is 2.21. The molecule has 1 aliphatic rings. The second-order valence-electron chi connectivity index (χ2n) is 5.54. The summed E-state index contributed by atoms with van der Waals surface area (Å²) in [6.45, 7) is 4.44. The zero-order valence-corrected chi connectivity index (χ0v) is 15.3. The summed E-state index contributed by atoms with van der Waals surface area (Å²) in [5.41, 5.74) is 2.01. The van der Waals surface area contributed by atoms with E-state index in [4.69, 9.17) is 14.7 Å². The van der Waals surface area contributed by atoms with E-state index in [9.17, 15) is 8.42 Å². The van der Waals surface area contributed by atoms with Crippen molar-refractivity contribution in [1.82, 2.24) is 0 Å². The SMILES string of the molecule is Cc1cc(SC#N)cc(C)c1NS(=O)(=O)c1ccc2c(c1)OCCO2. The van der Waals surface area contributed by atoms with E-state index in [0.717, 1.165) is 27.8 Å². The van der Waals surface area contributed by atoms with Gasteiger partial charge in [0.1, 0.15) is 18.6 Å². The van der Waals surface area contributed by atoms with Gasteiger partial charge in [-0.25, -0.2) is 8.42 Å². The maximum atomic E-state index is 12.7. The molecule has 0 saturated carbocycles. The van der Waals surface area contributed by atoms with Crippen molar-refractivity contribution in [3.63, 3.8) is 0 Å². The molecular formula is C17H16N2O4S2. The van der Waals surface area contributed by atoms with Crippen LogP contribution in [0.15, 0.2) is 40.1 Å². The van der Waals surface area contributed by atoms with Gasteiger partial charge >= 0.3 is 0 Å². The van der Waals surface area contributed by atoms with Crippen LogP contribution in [0.25, 0.3) is 0 Å². The summed E-state index contributed by atoms with van der Waals surface area (Å²) in [6.07, 6.45) is 0. The van der Waals surface area contributed by atoms with Crippen LogP contribution in [-0.4, -0.2) is 21.6 Å². The molecule has 3 rings (SSSR count). The fourth-order valence-electron chi connectivity index (χ4n) is 2.58. The minimum atomic E-state index is -3.77. The number of aryl methyl sites for hydroxylation is 2. The molecule has 6 nitrogen and oxygen atoms in total. The van der Waals surface area contributed by atoms with E-state index in [2.05, 4.69) is 4.72 Å². The Labute approximate surface area is 150 Å². The van der Waals surface area contributed by atoms with Gasteiger partial charge in [-0.1, -0.05) is 0 Å². The lowest BCUT2D eigenvalue weighted by molar-refractivity contribution is 0.171. The number of nitrogens with one attached hydrogen (secondary N) is 1. The maximum Gasteiger partial charge on any atom is 0.262 e. The first kappa shape index (κ1) is 17.5. The van der Waals surface area contributed by atoms with Crippen LogP contribution in [0, 0.1) is 24.5 Å². The smallest absolute Gasteiger partial charge is 0.262 e. The number of nitriles is 1. The molecule has 2 aromatic rings. The van der Waals surface area contributed by atoms with Crippen LogP contribution in [0.3, 0.4) is 0 Å². The van der Waals surface area contributed by atoms with Crippen molar-refractivity contribution >= 4 is 27.5 Å². The molecule has 1 heterocycles. The molecule has 0 fully saturated rings. The molecule has 0 aliphatic carbocycles. The Bertz CT molecular complexity index is 942. The van der Waals surface area contributed by atoms with Crippen molar-refractivity contribution in [2.75, 3.05) is 17.9 Å². The van der Waals surface area contributed by atoms with E-state index in [-0.39, 0.29) is 4.90 Å². The fraction of sp³-hybridized carbons (Fsp3) is 0.235. The molecule has 0 unspecified atom stereocenters. The second-order valence-corrected chi connectivity index (χ2v) is 8.08. The van der Waals surface area contributed by atoms with E-state index in [1.54, 1.807) is 32.0 Å². The Kier molecular flexibility index (Phi) is 4.79. The van der Waals surface area contributed by atoms with Crippen molar-refractivity contribution < 1.29 is 17.9 Å². The van der Waals surface area contributed by atoms with Crippen LogP contribution >= 0.6 is 11.8 Å². The van der Waals surface area contributed by atoms with Crippen LogP contribution in [0.4, 0.5) is 5.69 Å². The van der Waals surface area contributed by atoms with E-state index < -0.39 is 10.0 Å². The number of benzene rings is 2. The first-order valence-corrected chi connectivity index (χ1v) is 9.80. The lowest BCUT2D eigenvalue weighted by atomic mass is 10.1. The average Bonchev–Trinajstić information content (AvgIpc) is 2.58. The number of hydrogen-bond acceptors (Lipinski definition) is 6. The van der Waals surface area contributed by atoms with Gasteiger partial charge in [-0.15, -0.1) is 0 Å². The largest absolute Gasteiger partial charge is 0.486 e. The second kappa shape index (κ2) is 6.86. The highest BCUT2D eigenvalue weighted by Crippen LogP contribution is 2.34. The van der Waals surface area contributed by atoms with E-state index in [1.807, 2.05) is 5.40 Å². The summed E-state index contributed by atoms with van der Waals surface area (Å²) in [5.74, 6) is 0.957. The van der Waals surface area contributed by atoms with Gasteiger partial charge in [0, 0.05) is 11.0 Å². The first-order chi connectivity index (χ1) is 11.9. The van der Waals surface area contributed by atoms with Gasteiger partial charge < -0.3 is 9.47 Å². The lowest BCUT2D eigenvalue weighted by Crippen LogP contribution is -2.18. The summed E-state index contributed by atoms with van der Waals surface area (Å²) in [4.78, 5) is 0.880. The molecule has 25 heavy (non-hydrogen) atoms. The van der Waals surface area contributed by atoms with E-state index in [1.165, 1.54) is 12.1 Å². The Morgan fingerprint density at radius 1 is 1.08 bits per heavy atom. The zero-order chi connectivity index (χ0) is 18.0. The highest BCUT2D eigenvalue weighted by atomic mass is 32.2. The number of hydrogen-bond donors (Lipinski definition) is 1. The van der Waals surface area contributed by atoms with Crippen molar-refractivity contribution in [1.29, 1.82) is 5.26 Å². The quantitative estimate of drug-likeness (QED) is 0.649. The van der Waals surface area contributed by atoms with Gasteiger partial charge in [-0.3, -0.25) is 4.72 Å². The van der Waals surface area contributed by atoms with Gasteiger partial charge in [0.2, 0.25) is 0 Å². The molecule has 8 heteroatoms. The van der Waals surface area contributed by atoms with Gasteiger partial charge in [0.05, 0.1) is 10.6 Å². The predicted octanol–water partition coefficient (Wildman–Crippen LogP) is 3.45. The number of nitrogens with zero attached hydrogens (tertiary/aromatic N) is 1. The molecule has 0 atom stereocenters. The molecule has 0 bridgehead atoms. The predicted molar refractivity (Wildman–Crippen MR) is 95.6 cm³/mol. The number of fused-ring (bicyclic) bond motifs is 1. The Morgan fingerprint density at radius 3 is 2.36 bits per heavy atom. The number of anilines is 1. The minimum absolute atomic E-state index is 0.103. The lowest BCUT2D eigenvalue weighted by Gasteiger charge is -2.19. The average molecular weight is 376 g/mol. The van der Waals surface area contributed by atoms with Crippen molar-refractivity contribution in [3.8, 4) is 16.9 Å². The van der Waals surface area contributed by atoms with Crippen LogP contribution in [0.5, 0.6) is 11.5 Å². The minimum Gasteiger partial charge on any atom is -0.486 e. The van der Waals surface area contributed by atoms with Crippen molar-refractivity contribution in [2.45, 2.75) is 23.6 Å². The molecule has 0 amide bonds. The zero-order valence-electron chi connectivity index (χ0n) is 13.7. The van der Waals surface area contributed by atoms with Crippen LogP contribution in [0.2, 0.25) is 0 Å². The molecule has 130 valence electrons. The first-order valence-electron chi connectivity index (χ1n) is 7.50. The molecule has 1 N–H and O–H groups in total. The molecule has 2 aromatic carbocycles. The monoisotopic (exact) mass is 376 g/mol. The third-order valence-electron chi connectivity index (χ3n) is 3.73. The van der Waals surface area contributed by atoms with Gasteiger partial charge in [-0.05, 0) is 61.0 Å². The summed E-state index contributed by atoms with van der Waals surface area (Å²) in [6, 6.07) is 8.10. The summed E-state index contributed by atoms with van der Waals surface area (Å²) in [5, 5.41) is 10.8. The molecule has 1 aliphatic heterocycles. The Morgan fingerprint density at radius 2 is 1.72 bits per heavy atom. The van der Waals surface area contributed by atoms with E-state index >= 15 is 0 Å². The highest BCUT2D eigenvalue weighted by molar-refractivity contribution is 8.03. The normalized spacial score (nSPS) is 13.2. The number of rotatable bonds is 4. The number of sulfonamides is 1. The number of thiocyanates is 1. The third-order valence-corrected chi connectivity index (χ3v) is 5.64. The van der Waals surface area contributed by atoms with Crippen LogP contribution in [0.1, 0.15) is 11.1 Å². The summed E-state index contributed by atoms with van der Waals surface area (Å²) >= 11 is 1.04. The Hall–Kier alpha value is -2.37. The Balaban J connectivity index is 1.93. The molecule has 0 spiro atoms. The van der Waals surface area contributed by atoms with Crippen LogP contribution in [-0.2, 0) is 10.0 Å². The number of ether oxygens (including phenoxy) is 2. The van der Waals surface area contributed by atoms with Crippen molar-refractivity contribution in [3.05, 3.63) is 41.5 Å². The molecule has 0 radical (unpaired) electrons. The van der Waals surface area contributed by atoms with Gasteiger partial charge in [0.15, 0.2) is 11.5 Å². The summed E-state index contributed by atoms with van der Waals surface area (Å²) in [7, 11) is -3.77. The van der Waals surface area contributed by atoms with Crippen LogP contribution < -0.4 is 14.2 Å². The third kappa shape index (κ3) is 3.67. The maximum absolute atomic E-state index is 12.7. The fourth-order valence-corrected chi connectivity index (χ4v) is 4.38. The van der Waals surface area contributed by atoms with Gasteiger partial charge in [-0.2, -0.15) is 5.26 Å². The topological polar surface area (TPSA) is 88.4 Å². The molecule has 0 aromatic heterocycles. The molecular weight excluding hydrogens is 360 g/mol. The number of thioether (sulfide) groups is 1. The van der Waals surface area contributed by atoms with Crippen molar-refractivity contribution in [2.24, 2.45) is 0 Å².